The van der Waals surface area contributed by atoms with Gasteiger partial charge in [0.15, 0.2) is 0 Å². The van der Waals surface area contributed by atoms with Crippen LogP contribution in [-0.2, 0) is 7.05 Å². The molecule has 23 heavy (non-hydrogen) atoms. The van der Waals surface area contributed by atoms with Crippen molar-refractivity contribution in [3.63, 3.8) is 0 Å². The third-order valence-corrected chi connectivity index (χ3v) is 4.54. The zero-order valence-corrected chi connectivity index (χ0v) is 14.0. The van der Waals surface area contributed by atoms with Crippen molar-refractivity contribution in [3.05, 3.63) is 34.2 Å². The summed E-state index contributed by atoms with van der Waals surface area (Å²) in [6.07, 6.45) is 0. The Bertz CT molecular complexity index is 702. The number of nitrogens with zero attached hydrogens (tertiary/aromatic N) is 4. The molecule has 0 aliphatic carbocycles. The molecule has 0 unspecified atom stereocenters. The van der Waals surface area contributed by atoms with E-state index in [0.717, 1.165) is 11.3 Å². The normalized spacial score (nSPS) is 14.9. The molecule has 1 aliphatic rings. The van der Waals surface area contributed by atoms with Gasteiger partial charge in [0.1, 0.15) is 5.82 Å². The Labute approximate surface area is 138 Å². The van der Waals surface area contributed by atoms with Crippen LogP contribution in [0.5, 0.6) is 0 Å². The number of urea groups is 1. The molecule has 0 bridgehead atoms. The van der Waals surface area contributed by atoms with E-state index < -0.39 is 0 Å². The molecule has 1 saturated heterocycles. The predicted molar refractivity (Wildman–Crippen MR) is 88.8 cm³/mol. The van der Waals surface area contributed by atoms with Gasteiger partial charge < -0.3 is 9.80 Å². The molecule has 0 atom stereocenters. The van der Waals surface area contributed by atoms with Crippen molar-refractivity contribution in [2.75, 3.05) is 31.5 Å². The van der Waals surface area contributed by atoms with E-state index >= 15 is 0 Å². The molecule has 0 saturated carbocycles. The first-order chi connectivity index (χ1) is 11.0. The number of hydrogen-bond acceptors (Lipinski definition) is 4. The second-order valence-electron chi connectivity index (χ2n) is 5.52. The number of rotatable bonds is 2. The Morgan fingerprint density at radius 3 is 2.48 bits per heavy atom. The van der Waals surface area contributed by atoms with Gasteiger partial charge in [-0.05, 0) is 18.4 Å². The SMILES string of the molecule is Cc1cc(NC(=O)N2CCN(C(=O)c3ccsc3)CC2)n(C)n1. The molecule has 1 fully saturated rings. The number of carbonyl (C=O) groups is 2. The average molecular weight is 333 g/mol. The fraction of sp³-hybridized carbons (Fsp3) is 0.400. The number of amides is 3. The van der Waals surface area contributed by atoms with Crippen LogP contribution in [-0.4, -0.2) is 57.7 Å². The highest BCUT2D eigenvalue weighted by molar-refractivity contribution is 7.08. The van der Waals surface area contributed by atoms with Crippen molar-refractivity contribution < 1.29 is 9.59 Å². The minimum Gasteiger partial charge on any atom is -0.335 e. The van der Waals surface area contributed by atoms with E-state index in [9.17, 15) is 9.59 Å². The average Bonchev–Trinajstić information content (AvgIpc) is 3.17. The van der Waals surface area contributed by atoms with E-state index in [1.807, 2.05) is 29.8 Å². The smallest absolute Gasteiger partial charge is 0.323 e. The second-order valence-corrected chi connectivity index (χ2v) is 6.30. The van der Waals surface area contributed by atoms with E-state index in [0.29, 0.717) is 32.0 Å². The minimum atomic E-state index is -0.157. The summed E-state index contributed by atoms with van der Waals surface area (Å²) in [6.45, 7) is 4.03. The summed E-state index contributed by atoms with van der Waals surface area (Å²) in [5.41, 5.74) is 1.58. The van der Waals surface area contributed by atoms with Crippen LogP contribution in [0.15, 0.2) is 22.9 Å². The molecular formula is C15H19N5O2S. The van der Waals surface area contributed by atoms with Crippen LogP contribution in [0.4, 0.5) is 10.6 Å². The number of aromatic nitrogens is 2. The number of carbonyl (C=O) groups excluding carboxylic acids is 2. The molecule has 7 nitrogen and oxygen atoms in total. The van der Waals surface area contributed by atoms with Gasteiger partial charge in [-0.25, -0.2) is 4.79 Å². The Balaban J connectivity index is 1.55. The summed E-state index contributed by atoms with van der Waals surface area (Å²) < 4.78 is 1.64. The molecule has 122 valence electrons. The maximum Gasteiger partial charge on any atom is 0.323 e. The third-order valence-electron chi connectivity index (χ3n) is 3.86. The molecule has 8 heteroatoms. The molecule has 1 aliphatic heterocycles. The number of thiophene rings is 1. The predicted octanol–water partition coefficient (Wildman–Crippen LogP) is 1.78. The monoisotopic (exact) mass is 333 g/mol. The van der Waals surface area contributed by atoms with Gasteiger partial charge in [-0.15, -0.1) is 0 Å². The van der Waals surface area contributed by atoms with Crippen molar-refractivity contribution in [2.24, 2.45) is 7.05 Å². The summed E-state index contributed by atoms with van der Waals surface area (Å²) in [4.78, 5) is 28.1. The number of anilines is 1. The standard InChI is InChI=1S/C15H19N5O2S/c1-11-9-13(18(2)17-11)16-15(22)20-6-4-19(5-7-20)14(21)12-3-8-23-10-12/h3,8-10H,4-7H2,1-2H3,(H,16,22). The zero-order valence-electron chi connectivity index (χ0n) is 13.2. The molecule has 2 aromatic heterocycles. The van der Waals surface area contributed by atoms with Crippen LogP contribution in [0.2, 0.25) is 0 Å². The van der Waals surface area contributed by atoms with Gasteiger partial charge in [-0.3, -0.25) is 14.8 Å². The van der Waals surface area contributed by atoms with Crippen molar-refractivity contribution in [1.82, 2.24) is 19.6 Å². The lowest BCUT2D eigenvalue weighted by atomic mass is 10.2. The Morgan fingerprint density at radius 2 is 1.91 bits per heavy atom. The highest BCUT2D eigenvalue weighted by Crippen LogP contribution is 2.13. The molecule has 3 heterocycles. The highest BCUT2D eigenvalue weighted by atomic mass is 32.1. The lowest BCUT2D eigenvalue weighted by Gasteiger charge is -2.34. The summed E-state index contributed by atoms with van der Waals surface area (Å²) in [7, 11) is 1.79. The van der Waals surface area contributed by atoms with E-state index in [-0.39, 0.29) is 11.9 Å². The van der Waals surface area contributed by atoms with Gasteiger partial charge in [0.25, 0.3) is 5.91 Å². The second kappa shape index (κ2) is 6.41. The third kappa shape index (κ3) is 3.37. The molecule has 3 amide bonds. The Morgan fingerprint density at radius 1 is 1.22 bits per heavy atom. The first-order valence-corrected chi connectivity index (χ1v) is 8.37. The van der Waals surface area contributed by atoms with Crippen LogP contribution < -0.4 is 5.32 Å². The number of hydrogen-bond donors (Lipinski definition) is 1. The lowest BCUT2D eigenvalue weighted by molar-refractivity contribution is 0.0672. The minimum absolute atomic E-state index is 0.0357. The van der Waals surface area contributed by atoms with Crippen LogP contribution in [0, 0.1) is 6.92 Å². The van der Waals surface area contributed by atoms with E-state index in [1.165, 1.54) is 11.3 Å². The van der Waals surface area contributed by atoms with Gasteiger partial charge in [-0.2, -0.15) is 16.4 Å². The summed E-state index contributed by atoms with van der Waals surface area (Å²) in [5, 5.41) is 10.8. The fourth-order valence-electron chi connectivity index (χ4n) is 2.60. The quantitative estimate of drug-likeness (QED) is 0.911. The number of nitrogens with one attached hydrogen (secondary N) is 1. The summed E-state index contributed by atoms with van der Waals surface area (Å²) in [5.74, 6) is 0.706. The van der Waals surface area contributed by atoms with Crippen molar-refractivity contribution in [3.8, 4) is 0 Å². The van der Waals surface area contributed by atoms with Gasteiger partial charge in [0.2, 0.25) is 0 Å². The van der Waals surface area contributed by atoms with Crippen LogP contribution in [0.3, 0.4) is 0 Å². The molecule has 0 aromatic carbocycles. The van der Waals surface area contributed by atoms with Crippen molar-refractivity contribution in [2.45, 2.75) is 6.92 Å². The number of aryl methyl sites for hydroxylation is 2. The largest absolute Gasteiger partial charge is 0.335 e. The maximum absolute atomic E-state index is 12.3. The Hall–Kier alpha value is -2.35. The number of piperazine rings is 1. The maximum atomic E-state index is 12.3. The summed E-state index contributed by atoms with van der Waals surface area (Å²) in [6, 6.07) is 3.50. The first kappa shape index (κ1) is 15.5. The topological polar surface area (TPSA) is 70.5 Å². The van der Waals surface area contributed by atoms with Gasteiger partial charge in [0, 0.05) is 44.7 Å². The zero-order chi connectivity index (χ0) is 16.4. The lowest BCUT2D eigenvalue weighted by Crippen LogP contribution is -2.51. The Kier molecular flexibility index (Phi) is 4.33. The molecule has 2 aromatic rings. The molecule has 1 N–H and O–H groups in total. The van der Waals surface area contributed by atoms with Gasteiger partial charge in [-0.1, -0.05) is 0 Å². The highest BCUT2D eigenvalue weighted by Gasteiger charge is 2.25. The van der Waals surface area contributed by atoms with Crippen LogP contribution >= 0.6 is 11.3 Å². The first-order valence-electron chi connectivity index (χ1n) is 7.42. The van der Waals surface area contributed by atoms with Gasteiger partial charge in [0.05, 0.1) is 11.3 Å². The molecular weight excluding hydrogens is 314 g/mol. The van der Waals surface area contributed by atoms with E-state index in [4.69, 9.17) is 0 Å². The van der Waals surface area contributed by atoms with E-state index in [1.54, 1.807) is 21.5 Å². The van der Waals surface area contributed by atoms with Crippen LogP contribution in [0.25, 0.3) is 0 Å². The van der Waals surface area contributed by atoms with Crippen LogP contribution in [0.1, 0.15) is 16.1 Å². The summed E-state index contributed by atoms with van der Waals surface area (Å²) >= 11 is 1.51. The van der Waals surface area contributed by atoms with Crippen molar-refractivity contribution in [1.29, 1.82) is 0 Å². The molecule has 3 rings (SSSR count). The molecule has 0 spiro atoms. The van der Waals surface area contributed by atoms with Gasteiger partial charge >= 0.3 is 6.03 Å². The fourth-order valence-corrected chi connectivity index (χ4v) is 3.23. The van der Waals surface area contributed by atoms with E-state index in [2.05, 4.69) is 10.4 Å². The van der Waals surface area contributed by atoms with Crippen molar-refractivity contribution >= 4 is 29.1 Å². The molecule has 0 radical (unpaired) electrons.